The number of pyridine rings is 1. The van der Waals surface area contributed by atoms with Crippen molar-refractivity contribution < 1.29 is 14.6 Å². The summed E-state index contributed by atoms with van der Waals surface area (Å²) in [6.45, 7) is 6.64. The molecule has 3 unspecified atom stereocenters. The number of halogens is 2. The summed E-state index contributed by atoms with van der Waals surface area (Å²) in [4.78, 5) is 6.55. The van der Waals surface area contributed by atoms with E-state index in [4.69, 9.17) is 21.1 Å². The van der Waals surface area contributed by atoms with Gasteiger partial charge >= 0.3 is 0 Å². The Kier molecular flexibility index (Phi) is 7.77. The molecule has 2 aliphatic rings. The third kappa shape index (κ3) is 4.46. The third-order valence-corrected chi connectivity index (χ3v) is 7.97. The molecule has 1 N–H and O–H groups in total. The molecule has 186 valence electrons. The maximum Gasteiger partial charge on any atom is 0.224 e. The van der Waals surface area contributed by atoms with Gasteiger partial charge in [-0.1, -0.05) is 83.8 Å². The Hall–Kier alpha value is -2.12. The Morgan fingerprint density at radius 3 is 2.37 bits per heavy atom. The van der Waals surface area contributed by atoms with Crippen molar-refractivity contribution in [2.24, 2.45) is 0 Å². The average molecular weight is 560 g/mol. The molecule has 1 aliphatic heterocycles. The van der Waals surface area contributed by atoms with Crippen molar-refractivity contribution in [1.29, 1.82) is 0 Å². The van der Waals surface area contributed by atoms with Gasteiger partial charge in [0.25, 0.3) is 0 Å². The number of aromatic nitrogens is 1. The van der Waals surface area contributed by atoms with Crippen LogP contribution in [-0.2, 0) is 11.2 Å². The van der Waals surface area contributed by atoms with E-state index in [1.165, 1.54) is 7.11 Å². The van der Waals surface area contributed by atoms with Gasteiger partial charge in [-0.3, -0.25) is 0 Å². The zero-order valence-electron chi connectivity index (χ0n) is 20.6. The average Bonchev–Trinajstić information content (AvgIpc) is 3.30. The van der Waals surface area contributed by atoms with E-state index in [0.717, 1.165) is 35.1 Å². The summed E-state index contributed by atoms with van der Waals surface area (Å²) in [5, 5.41) is 12.5. The van der Waals surface area contributed by atoms with Gasteiger partial charge in [0, 0.05) is 16.5 Å². The molecule has 0 amide bonds. The highest BCUT2D eigenvalue weighted by Gasteiger charge is 2.69. The fourth-order valence-corrected chi connectivity index (χ4v) is 5.70. The molecular formula is C28H32BrClN2O3. The van der Waals surface area contributed by atoms with Crippen molar-refractivity contribution in [3.63, 3.8) is 0 Å². The Labute approximate surface area is 221 Å². The summed E-state index contributed by atoms with van der Waals surface area (Å²) in [6.07, 6.45) is 1.29. The number of hydrogen-bond acceptors (Lipinski definition) is 5. The van der Waals surface area contributed by atoms with Crippen molar-refractivity contribution in [3.8, 4) is 11.6 Å². The Morgan fingerprint density at radius 2 is 1.80 bits per heavy atom. The minimum Gasteiger partial charge on any atom is -0.481 e. The molecule has 1 aliphatic carbocycles. The van der Waals surface area contributed by atoms with E-state index in [1.807, 2.05) is 42.5 Å². The predicted molar refractivity (Wildman–Crippen MR) is 143 cm³/mol. The maximum atomic E-state index is 12.2. The van der Waals surface area contributed by atoms with Crippen LogP contribution in [0.5, 0.6) is 11.6 Å². The van der Waals surface area contributed by atoms with E-state index >= 15 is 0 Å². The zero-order valence-corrected chi connectivity index (χ0v) is 22.9. The number of aliphatic hydroxyl groups is 1. The Morgan fingerprint density at radius 1 is 1.14 bits per heavy atom. The van der Waals surface area contributed by atoms with Gasteiger partial charge in [-0.2, -0.15) is 0 Å². The summed E-state index contributed by atoms with van der Waals surface area (Å²) < 4.78 is 13.1. The second-order valence-electron chi connectivity index (χ2n) is 9.02. The lowest BCUT2D eigenvalue weighted by Gasteiger charge is -2.40. The lowest BCUT2D eigenvalue weighted by molar-refractivity contribution is -0.106. The standard InChI is InChI=1S/C23H19BrClNO3.C5H13N/c1-28-21-20-18(13-19(25)26-21)29-23(15-7-9-16(24)10-8-15)17(11-12-22(20,23)27)14-5-3-2-4-6-14;1-4-6(3)5-2/h2-10,13,17,27H,11-12H2,1H3;4-5H2,1-3H3. The van der Waals surface area contributed by atoms with Gasteiger partial charge in [-0.25, -0.2) is 4.98 Å². The fourth-order valence-electron chi connectivity index (χ4n) is 5.26. The van der Waals surface area contributed by atoms with Crippen molar-refractivity contribution in [2.45, 2.75) is 43.8 Å². The first-order valence-electron chi connectivity index (χ1n) is 12.0. The van der Waals surface area contributed by atoms with Gasteiger partial charge in [-0.05, 0) is 56.2 Å². The Bertz CT molecular complexity index is 1160. The van der Waals surface area contributed by atoms with Crippen LogP contribution in [0.4, 0.5) is 0 Å². The Balaban J connectivity index is 0.000000431. The molecule has 1 saturated carbocycles. The normalized spacial score (nSPS) is 24.3. The topological polar surface area (TPSA) is 54.8 Å². The van der Waals surface area contributed by atoms with E-state index in [1.54, 1.807) is 6.07 Å². The van der Waals surface area contributed by atoms with E-state index in [2.05, 4.69) is 58.8 Å². The van der Waals surface area contributed by atoms with Crippen molar-refractivity contribution >= 4 is 27.5 Å². The second kappa shape index (κ2) is 10.5. The first-order valence-corrected chi connectivity index (χ1v) is 13.1. The summed E-state index contributed by atoms with van der Waals surface area (Å²) in [5.41, 5.74) is 0.309. The second-order valence-corrected chi connectivity index (χ2v) is 10.3. The molecule has 7 heteroatoms. The SMILES string of the molecule is CCN(C)CC.COc1nc(Cl)cc2c1C1(O)CCC(c3ccccc3)C1(c1ccc(Br)cc1)O2. The molecule has 0 radical (unpaired) electrons. The predicted octanol–water partition coefficient (Wildman–Crippen LogP) is 6.52. The van der Waals surface area contributed by atoms with Crippen LogP contribution < -0.4 is 9.47 Å². The van der Waals surface area contributed by atoms with Crippen molar-refractivity contribution in [3.05, 3.63) is 87.0 Å². The molecule has 1 aromatic heterocycles. The molecule has 2 aromatic carbocycles. The lowest BCUT2D eigenvalue weighted by atomic mass is 9.72. The van der Waals surface area contributed by atoms with E-state index in [-0.39, 0.29) is 11.1 Å². The smallest absolute Gasteiger partial charge is 0.224 e. The summed E-state index contributed by atoms with van der Waals surface area (Å²) in [5.74, 6) is 0.779. The number of hydrogen-bond donors (Lipinski definition) is 1. The quantitative estimate of drug-likeness (QED) is 0.361. The van der Waals surface area contributed by atoms with Gasteiger partial charge in [0.15, 0.2) is 5.60 Å². The summed E-state index contributed by atoms with van der Waals surface area (Å²) in [7, 11) is 3.64. The van der Waals surface area contributed by atoms with Crippen molar-refractivity contribution in [2.75, 3.05) is 27.2 Å². The van der Waals surface area contributed by atoms with Crippen LogP contribution in [0.15, 0.2) is 65.1 Å². The molecule has 5 rings (SSSR count). The van der Waals surface area contributed by atoms with Crippen LogP contribution >= 0.6 is 27.5 Å². The minimum atomic E-state index is -1.29. The number of methoxy groups -OCH3 is 1. The number of rotatable bonds is 5. The molecule has 0 spiro atoms. The van der Waals surface area contributed by atoms with Crippen LogP contribution in [0.2, 0.25) is 5.15 Å². The molecule has 2 heterocycles. The number of fused-ring (bicyclic) bond motifs is 3. The van der Waals surface area contributed by atoms with Gasteiger partial charge in [0.2, 0.25) is 5.88 Å². The molecule has 5 nitrogen and oxygen atoms in total. The van der Waals surface area contributed by atoms with Crippen molar-refractivity contribution in [1.82, 2.24) is 9.88 Å². The van der Waals surface area contributed by atoms with Gasteiger partial charge in [0.1, 0.15) is 16.5 Å². The summed E-state index contributed by atoms with van der Waals surface area (Å²) in [6, 6.07) is 19.8. The largest absolute Gasteiger partial charge is 0.481 e. The van der Waals surface area contributed by atoms with Crippen LogP contribution in [0.25, 0.3) is 0 Å². The first-order chi connectivity index (χ1) is 16.8. The zero-order chi connectivity index (χ0) is 25.2. The van der Waals surface area contributed by atoms with E-state index in [9.17, 15) is 5.11 Å². The first kappa shape index (κ1) is 26.0. The fraction of sp³-hybridized carbons (Fsp3) is 0.393. The van der Waals surface area contributed by atoms with Crippen LogP contribution in [-0.4, -0.2) is 42.2 Å². The van der Waals surface area contributed by atoms with Gasteiger partial charge < -0.3 is 19.5 Å². The molecule has 0 saturated heterocycles. The van der Waals surface area contributed by atoms with Crippen LogP contribution in [0.1, 0.15) is 49.3 Å². The maximum absolute atomic E-state index is 12.2. The number of nitrogens with zero attached hydrogens (tertiary/aromatic N) is 2. The van der Waals surface area contributed by atoms with Crippen LogP contribution in [0, 0.1) is 0 Å². The molecular weight excluding hydrogens is 528 g/mol. The molecule has 1 fully saturated rings. The van der Waals surface area contributed by atoms with Gasteiger partial charge in [-0.15, -0.1) is 0 Å². The van der Waals surface area contributed by atoms with Crippen LogP contribution in [0.3, 0.4) is 0 Å². The highest BCUT2D eigenvalue weighted by Crippen LogP contribution is 2.68. The highest BCUT2D eigenvalue weighted by molar-refractivity contribution is 9.10. The molecule has 35 heavy (non-hydrogen) atoms. The lowest BCUT2D eigenvalue weighted by Crippen LogP contribution is -2.48. The number of benzene rings is 2. The monoisotopic (exact) mass is 558 g/mol. The van der Waals surface area contributed by atoms with E-state index < -0.39 is 11.2 Å². The highest BCUT2D eigenvalue weighted by atomic mass is 79.9. The molecule has 3 aromatic rings. The molecule has 3 atom stereocenters. The summed E-state index contributed by atoms with van der Waals surface area (Å²) >= 11 is 9.72. The minimum absolute atomic E-state index is 0.0502. The molecule has 0 bridgehead atoms. The number of ether oxygens (including phenoxy) is 2. The van der Waals surface area contributed by atoms with Gasteiger partial charge in [0.05, 0.1) is 12.7 Å². The van der Waals surface area contributed by atoms with E-state index in [0.29, 0.717) is 23.6 Å². The third-order valence-electron chi connectivity index (χ3n) is 7.25.